The van der Waals surface area contributed by atoms with Gasteiger partial charge in [0.2, 0.25) is 0 Å². The minimum atomic E-state index is -1.08. The normalized spacial score (nSPS) is 17.7. The Bertz CT molecular complexity index is 566. The van der Waals surface area contributed by atoms with Crippen LogP contribution in [0.25, 0.3) is 0 Å². The summed E-state index contributed by atoms with van der Waals surface area (Å²) in [6, 6.07) is 7.66. The second-order valence-electron chi connectivity index (χ2n) is 5.97. The van der Waals surface area contributed by atoms with Crippen LogP contribution in [-0.2, 0) is 11.3 Å². The van der Waals surface area contributed by atoms with Gasteiger partial charge >= 0.3 is 5.97 Å². The molecule has 26 heavy (non-hydrogen) atoms. The molecule has 0 bridgehead atoms. The lowest BCUT2D eigenvalue weighted by Gasteiger charge is -2.26. The number of piperidine rings is 1. The quantitative estimate of drug-likeness (QED) is 0.595. The van der Waals surface area contributed by atoms with Gasteiger partial charge in [0, 0.05) is 29.9 Å². The molecule has 1 aromatic carbocycles. The Balaban J connectivity index is 0.000000522. The van der Waals surface area contributed by atoms with Crippen molar-refractivity contribution in [1.29, 1.82) is 0 Å². The molecule has 1 aliphatic rings. The fraction of sp³-hybridized carbons (Fsp3) is 0.526. The Hall–Kier alpha value is -1.76. The number of nitrogens with one attached hydrogen (secondary N) is 1. The lowest BCUT2D eigenvalue weighted by molar-refractivity contribution is -0.133. The van der Waals surface area contributed by atoms with Gasteiger partial charge in [0.1, 0.15) is 5.70 Å². The average Bonchev–Trinajstić information content (AvgIpc) is 2.58. The maximum Gasteiger partial charge on any atom is 0.353 e. The summed E-state index contributed by atoms with van der Waals surface area (Å²) in [7, 11) is 2.12. The van der Waals surface area contributed by atoms with Crippen LogP contribution in [0.2, 0.25) is 5.02 Å². The number of likely N-dealkylation sites (tertiary alicyclic amines) is 1. The lowest BCUT2D eigenvalue weighted by Crippen LogP contribution is -2.40. The van der Waals surface area contributed by atoms with E-state index in [0.29, 0.717) is 17.6 Å². The number of carboxylic acid groups (broad SMARTS) is 1. The molecule has 0 aromatic heterocycles. The summed E-state index contributed by atoms with van der Waals surface area (Å²) in [6.07, 6.45) is 2.49. The number of carbonyl (C=O) groups is 1. The van der Waals surface area contributed by atoms with E-state index in [1.165, 1.54) is 26.3 Å². The van der Waals surface area contributed by atoms with Crippen molar-refractivity contribution >= 4 is 17.6 Å². The molecule has 1 saturated heterocycles. The Kier molecular flexibility index (Phi) is 12.5. The molecule has 1 fully saturated rings. The van der Waals surface area contributed by atoms with E-state index >= 15 is 0 Å². The number of rotatable bonds is 4. The molecule has 1 unspecified atom stereocenters. The number of nitrogens with two attached hydrogens (primary N) is 2. The van der Waals surface area contributed by atoms with Crippen molar-refractivity contribution in [3.05, 3.63) is 46.2 Å². The zero-order valence-electron chi connectivity index (χ0n) is 16.3. The molecule has 1 heterocycles. The van der Waals surface area contributed by atoms with Gasteiger partial charge in [0.15, 0.2) is 0 Å². The molecule has 0 radical (unpaired) electrons. The zero-order valence-corrected chi connectivity index (χ0v) is 17.0. The zero-order chi connectivity index (χ0) is 20.1. The van der Waals surface area contributed by atoms with Gasteiger partial charge in [-0.15, -0.1) is 0 Å². The van der Waals surface area contributed by atoms with E-state index in [-0.39, 0.29) is 11.4 Å². The van der Waals surface area contributed by atoms with Gasteiger partial charge in [-0.25, -0.2) is 4.79 Å². The van der Waals surface area contributed by atoms with E-state index in [2.05, 4.69) is 17.3 Å². The van der Waals surface area contributed by atoms with E-state index in [1.54, 1.807) is 6.07 Å². The first kappa shape index (κ1) is 24.2. The van der Waals surface area contributed by atoms with Gasteiger partial charge < -0.3 is 26.8 Å². The number of benzene rings is 1. The van der Waals surface area contributed by atoms with Crippen molar-refractivity contribution < 1.29 is 9.90 Å². The molecule has 2 rings (SSSR count). The highest BCUT2D eigenvalue weighted by atomic mass is 35.5. The largest absolute Gasteiger partial charge is 0.477 e. The van der Waals surface area contributed by atoms with Crippen LogP contribution >= 0.6 is 11.6 Å². The summed E-state index contributed by atoms with van der Waals surface area (Å²) < 4.78 is 0. The van der Waals surface area contributed by atoms with Gasteiger partial charge in [-0.05, 0) is 45.0 Å². The molecule has 6 nitrogen and oxygen atoms in total. The summed E-state index contributed by atoms with van der Waals surface area (Å²) in [5, 5.41) is 12.2. The van der Waals surface area contributed by atoms with Gasteiger partial charge in [-0.3, -0.25) is 0 Å². The van der Waals surface area contributed by atoms with Gasteiger partial charge in [-0.1, -0.05) is 43.6 Å². The van der Waals surface area contributed by atoms with Crippen LogP contribution in [-0.4, -0.2) is 42.2 Å². The van der Waals surface area contributed by atoms with Crippen LogP contribution in [0.4, 0.5) is 0 Å². The first-order valence-electron chi connectivity index (χ1n) is 8.92. The van der Waals surface area contributed by atoms with Gasteiger partial charge in [0.05, 0.1) is 0 Å². The molecule has 0 spiro atoms. The number of nitrogens with zero attached hydrogens (tertiary/aromatic N) is 1. The number of halogens is 1. The standard InChI is InChI=1S/C11H13ClN2O2.C6H14N2.C2H6/c1-7(13)10(11(15)16)14-6-8-4-2-3-5-9(8)12;1-8-4-2-3-6(7)5-8;1-2/h2-5,14H,6,13H2,1H3,(H,15,16);6H,2-5,7H2,1H3;1-2H3/b10-7-;;. The fourth-order valence-corrected chi connectivity index (χ4v) is 2.62. The second-order valence-corrected chi connectivity index (χ2v) is 6.38. The number of aliphatic carboxylic acids is 1. The molecule has 0 amide bonds. The minimum Gasteiger partial charge on any atom is -0.477 e. The molecule has 1 atom stereocenters. The van der Waals surface area contributed by atoms with E-state index in [0.717, 1.165) is 12.1 Å². The number of allylic oxidation sites excluding steroid dienone is 1. The molecule has 148 valence electrons. The SMILES string of the molecule is C/C(N)=C(/NCc1ccccc1Cl)C(=O)O.CC.CN1CCCC(N)C1. The Labute approximate surface area is 162 Å². The Morgan fingerprint density at radius 2 is 2.00 bits per heavy atom. The number of likely N-dealkylation sites (N-methyl/N-ethyl adjacent to an activating group) is 1. The second kappa shape index (κ2) is 13.4. The molecule has 6 N–H and O–H groups in total. The summed E-state index contributed by atoms with van der Waals surface area (Å²) >= 11 is 5.93. The summed E-state index contributed by atoms with van der Waals surface area (Å²) in [5.41, 5.74) is 12.2. The third-order valence-electron chi connectivity index (χ3n) is 3.68. The number of hydrogen-bond donors (Lipinski definition) is 4. The first-order chi connectivity index (χ1) is 12.3. The summed E-state index contributed by atoms with van der Waals surface area (Å²) in [4.78, 5) is 13.1. The van der Waals surface area contributed by atoms with Crippen LogP contribution < -0.4 is 16.8 Å². The Morgan fingerprint density at radius 3 is 2.42 bits per heavy atom. The van der Waals surface area contributed by atoms with E-state index in [4.69, 9.17) is 28.2 Å². The van der Waals surface area contributed by atoms with Crippen molar-refractivity contribution in [2.24, 2.45) is 11.5 Å². The monoisotopic (exact) mass is 384 g/mol. The highest BCUT2D eigenvalue weighted by Gasteiger charge is 2.11. The Morgan fingerprint density at radius 1 is 1.38 bits per heavy atom. The summed E-state index contributed by atoms with van der Waals surface area (Å²) in [6.45, 7) is 8.17. The van der Waals surface area contributed by atoms with Crippen LogP contribution in [0.15, 0.2) is 35.7 Å². The molecule has 1 aliphatic heterocycles. The predicted octanol–water partition coefficient (Wildman–Crippen LogP) is 2.77. The van der Waals surface area contributed by atoms with Crippen molar-refractivity contribution in [3.63, 3.8) is 0 Å². The molecule has 1 aromatic rings. The average molecular weight is 385 g/mol. The van der Waals surface area contributed by atoms with Gasteiger partial charge in [-0.2, -0.15) is 0 Å². The molecule has 0 aliphatic carbocycles. The lowest BCUT2D eigenvalue weighted by atomic mass is 10.1. The summed E-state index contributed by atoms with van der Waals surface area (Å²) in [5.74, 6) is -1.08. The number of hydrogen-bond acceptors (Lipinski definition) is 5. The molecular formula is C19H33ClN4O2. The van der Waals surface area contributed by atoms with Crippen LogP contribution in [0, 0.1) is 0 Å². The number of carboxylic acids is 1. The van der Waals surface area contributed by atoms with E-state index < -0.39 is 5.97 Å². The first-order valence-corrected chi connectivity index (χ1v) is 9.30. The highest BCUT2D eigenvalue weighted by Crippen LogP contribution is 2.14. The predicted molar refractivity (Wildman–Crippen MR) is 109 cm³/mol. The van der Waals surface area contributed by atoms with Crippen molar-refractivity contribution in [3.8, 4) is 0 Å². The van der Waals surface area contributed by atoms with Crippen molar-refractivity contribution in [2.45, 2.75) is 46.2 Å². The molecule has 0 saturated carbocycles. The van der Waals surface area contributed by atoms with E-state index in [9.17, 15) is 4.79 Å². The third kappa shape index (κ3) is 9.65. The van der Waals surface area contributed by atoms with Crippen LogP contribution in [0.3, 0.4) is 0 Å². The van der Waals surface area contributed by atoms with E-state index in [1.807, 2.05) is 32.0 Å². The van der Waals surface area contributed by atoms with Crippen LogP contribution in [0.5, 0.6) is 0 Å². The maximum atomic E-state index is 10.8. The third-order valence-corrected chi connectivity index (χ3v) is 4.05. The van der Waals surface area contributed by atoms with Crippen LogP contribution in [0.1, 0.15) is 39.2 Å². The highest BCUT2D eigenvalue weighted by molar-refractivity contribution is 6.31. The topological polar surface area (TPSA) is 105 Å². The smallest absolute Gasteiger partial charge is 0.353 e. The van der Waals surface area contributed by atoms with Gasteiger partial charge in [0.25, 0.3) is 0 Å². The van der Waals surface area contributed by atoms with Crippen molar-refractivity contribution in [2.75, 3.05) is 20.1 Å². The molecule has 7 heteroatoms. The maximum absolute atomic E-state index is 10.8. The fourth-order valence-electron chi connectivity index (χ4n) is 2.42. The van der Waals surface area contributed by atoms with Crippen molar-refractivity contribution in [1.82, 2.24) is 10.2 Å². The molecular weight excluding hydrogens is 352 g/mol. The minimum absolute atomic E-state index is 0.0000743.